The molecule has 0 amide bonds. The largest absolute Gasteiger partial charge is 0.504 e. The zero-order chi connectivity index (χ0) is 20.7. The topological polar surface area (TPSA) is 74.8 Å². The van der Waals surface area contributed by atoms with Crippen LogP contribution in [0, 0.1) is 6.92 Å². The summed E-state index contributed by atoms with van der Waals surface area (Å²) in [4.78, 5) is 18.8. The van der Waals surface area contributed by atoms with Crippen LogP contribution in [-0.2, 0) is 6.42 Å². The lowest BCUT2D eigenvalue weighted by Crippen LogP contribution is -2.37. The summed E-state index contributed by atoms with van der Waals surface area (Å²) >= 11 is 0. The SMILES string of the molecule is COc1ccc2[nH]c(C)c(C(=O)CN3CCc4cc(O)c(OC)cc4[C@@H]3C)c2c1. The number of aryl methyl sites for hydroxylation is 1. The van der Waals surface area contributed by atoms with E-state index in [2.05, 4.69) is 16.8 Å². The van der Waals surface area contributed by atoms with Gasteiger partial charge in [0.2, 0.25) is 0 Å². The van der Waals surface area contributed by atoms with E-state index in [9.17, 15) is 9.90 Å². The number of hydrogen-bond acceptors (Lipinski definition) is 5. The van der Waals surface area contributed by atoms with Crippen molar-refractivity contribution in [3.05, 3.63) is 52.7 Å². The number of ether oxygens (including phenoxy) is 2. The Bertz CT molecular complexity index is 1090. The first-order chi connectivity index (χ1) is 13.9. The number of benzene rings is 2. The number of fused-ring (bicyclic) bond motifs is 2. The molecule has 6 nitrogen and oxygen atoms in total. The molecule has 0 fully saturated rings. The Labute approximate surface area is 170 Å². The van der Waals surface area contributed by atoms with Crippen LogP contribution in [0.15, 0.2) is 30.3 Å². The summed E-state index contributed by atoms with van der Waals surface area (Å²) in [6, 6.07) is 9.45. The van der Waals surface area contributed by atoms with Gasteiger partial charge in [0.1, 0.15) is 5.75 Å². The van der Waals surface area contributed by atoms with Gasteiger partial charge in [-0.05, 0) is 61.7 Å². The summed E-state index contributed by atoms with van der Waals surface area (Å²) in [6.45, 7) is 5.11. The molecule has 4 rings (SSSR count). The first kappa shape index (κ1) is 19.3. The van der Waals surface area contributed by atoms with Crippen molar-refractivity contribution in [2.45, 2.75) is 26.3 Å². The summed E-state index contributed by atoms with van der Waals surface area (Å²) in [7, 11) is 3.17. The Hall–Kier alpha value is -2.99. The van der Waals surface area contributed by atoms with Crippen LogP contribution in [0.4, 0.5) is 0 Å². The molecule has 0 bridgehead atoms. The Morgan fingerprint density at radius 2 is 2.03 bits per heavy atom. The van der Waals surface area contributed by atoms with Crippen LogP contribution in [0.25, 0.3) is 10.9 Å². The Morgan fingerprint density at radius 3 is 2.76 bits per heavy atom. The number of Topliss-reactive ketones (excluding diaryl/α,β-unsaturated/α-hetero) is 1. The summed E-state index contributed by atoms with van der Waals surface area (Å²) in [5, 5.41) is 10.9. The number of phenolic OH excluding ortho intramolecular Hbond substituents is 1. The highest BCUT2D eigenvalue weighted by Gasteiger charge is 2.28. The molecule has 0 radical (unpaired) electrons. The minimum Gasteiger partial charge on any atom is -0.504 e. The molecule has 1 atom stereocenters. The van der Waals surface area contributed by atoms with Gasteiger partial charge in [0.15, 0.2) is 17.3 Å². The third-order valence-electron chi connectivity index (χ3n) is 5.93. The molecule has 1 aliphatic heterocycles. The molecule has 1 aromatic heterocycles. The van der Waals surface area contributed by atoms with Gasteiger partial charge in [0.05, 0.1) is 20.8 Å². The van der Waals surface area contributed by atoms with Gasteiger partial charge in [-0.1, -0.05) is 0 Å². The normalized spacial score (nSPS) is 16.6. The highest BCUT2D eigenvalue weighted by Crippen LogP contribution is 2.37. The summed E-state index contributed by atoms with van der Waals surface area (Å²) < 4.78 is 10.6. The number of nitrogens with one attached hydrogen (secondary N) is 1. The van der Waals surface area contributed by atoms with E-state index in [-0.39, 0.29) is 17.6 Å². The van der Waals surface area contributed by atoms with Crippen molar-refractivity contribution >= 4 is 16.7 Å². The third kappa shape index (κ3) is 3.34. The van der Waals surface area contributed by atoms with Gasteiger partial charge in [-0.3, -0.25) is 9.69 Å². The second kappa shape index (κ2) is 7.44. The highest BCUT2D eigenvalue weighted by atomic mass is 16.5. The molecular formula is C23H26N2O4. The number of carbonyl (C=O) groups is 1. The van der Waals surface area contributed by atoms with Crippen molar-refractivity contribution in [3.8, 4) is 17.2 Å². The average molecular weight is 394 g/mol. The van der Waals surface area contributed by atoms with Crippen LogP contribution >= 0.6 is 0 Å². The summed E-state index contributed by atoms with van der Waals surface area (Å²) in [5.74, 6) is 1.44. The summed E-state index contributed by atoms with van der Waals surface area (Å²) in [6.07, 6.45) is 0.783. The van der Waals surface area contributed by atoms with Crippen molar-refractivity contribution in [1.82, 2.24) is 9.88 Å². The molecule has 0 unspecified atom stereocenters. The van der Waals surface area contributed by atoms with E-state index in [0.717, 1.165) is 52.0 Å². The van der Waals surface area contributed by atoms with Crippen molar-refractivity contribution in [2.24, 2.45) is 0 Å². The molecule has 6 heteroatoms. The van der Waals surface area contributed by atoms with E-state index in [4.69, 9.17) is 9.47 Å². The number of aromatic hydroxyl groups is 1. The maximum Gasteiger partial charge on any atom is 0.179 e. The monoisotopic (exact) mass is 394 g/mol. The van der Waals surface area contributed by atoms with Gasteiger partial charge >= 0.3 is 0 Å². The molecule has 2 N–H and O–H groups in total. The number of H-pyrrole nitrogens is 1. The smallest absolute Gasteiger partial charge is 0.179 e. The first-order valence-electron chi connectivity index (χ1n) is 9.76. The molecule has 0 aliphatic carbocycles. The lowest BCUT2D eigenvalue weighted by molar-refractivity contribution is 0.0891. The quantitative estimate of drug-likeness (QED) is 0.640. The zero-order valence-electron chi connectivity index (χ0n) is 17.2. The number of ketones is 1. The lowest BCUT2D eigenvalue weighted by Gasteiger charge is -2.35. The van der Waals surface area contributed by atoms with E-state index < -0.39 is 0 Å². The standard InChI is InChI=1S/C23H26N2O4/c1-13-23(18-10-16(28-3)5-6-19(18)24-13)21(27)12-25-8-7-15-9-20(26)22(29-4)11-17(15)14(25)2/h5-6,9-11,14,24,26H,7-8,12H2,1-4H3/t14-/m0/s1. The van der Waals surface area contributed by atoms with Gasteiger partial charge < -0.3 is 19.6 Å². The Kier molecular flexibility index (Phi) is 4.96. The number of aromatic nitrogens is 1. The molecule has 2 aromatic carbocycles. The fourth-order valence-corrected chi connectivity index (χ4v) is 4.32. The van der Waals surface area contributed by atoms with E-state index in [1.54, 1.807) is 20.3 Å². The van der Waals surface area contributed by atoms with Gasteiger partial charge in [-0.15, -0.1) is 0 Å². The van der Waals surface area contributed by atoms with Gasteiger partial charge in [0.25, 0.3) is 0 Å². The molecule has 29 heavy (non-hydrogen) atoms. The third-order valence-corrected chi connectivity index (χ3v) is 5.93. The minimum absolute atomic E-state index is 0.0530. The van der Waals surface area contributed by atoms with Crippen molar-refractivity contribution in [2.75, 3.05) is 27.3 Å². The van der Waals surface area contributed by atoms with Gasteiger partial charge in [-0.25, -0.2) is 0 Å². The van der Waals surface area contributed by atoms with Crippen LogP contribution in [0.3, 0.4) is 0 Å². The van der Waals surface area contributed by atoms with E-state index >= 15 is 0 Å². The molecule has 1 aliphatic rings. The fourth-order valence-electron chi connectivity index (χ4n) is 4.32. The maximum absolute atomic E-state index is 13.3. The first-order valence-corrected chi connectivity index (χ1v) is 9.76. The number of phenols is 1. The van der Waals surface area contributed by atoms with Crippen LogP contribution < -0.4 is 9.47 Å². The van der Waals surface area contributed by atoms with Gasteiger partial charge in [0, 0.05) is 34.7 Å². The van der Waals surface area contributed by atoms with Crippen LogP contribution in [0.1, 0.15) is 40.1 Å². The lowest BCUT2D eigenvalue weighted by atomic mass is 9.92. The minimum atomic E-state index is 0.0530. The molecule has 0 saturated carbocycles. The Balaban J connectivity index is 1.63. The molecule has 0 spiro atoms. The van der Waals surface area contributed by atoms with Crippen molar-refractivity contribution in [3.63, 3.8) is 0 Å². The average Bonchev–Trinajstić information content (AvgIpc) is 3.04. The zero-order valence-corrected chi connectivity index (χ0v) is 17.2. The molecule has 152 valence electrons. The number of nitrogens with zero attached hydrogens (tertiary/aromatic N) is 1. The number of aromatic amines is 1. The number of carbonyl (C=O) groups excluding carboxylic acids is 1. The fraction of sp³-hybridized carbons (Fsp3) is 0.348. The second-order valence-corrected chi connectivity index (χ2v) is 7.58. The number of hydrogen-bond donors (Lipinski definition) is 2. The second-order valence-electron chi connectivity index (χ2n) is 7.58. The highest BCUT2D eigenvalue weighted by molar-refractivity contribution is 6.10. The molecule has 3 aromatic rings. The van der Waals surface area contributed by atoms with Crippen molar-refractivity contribution < 1.29 is 19.4 Å². The molecule has 2 heterocycles. The van der Waals surface area contributed by atoms with Gasteiger partial charge in [-0.2, -0.15) is 0 Å². The van der Waals surface area contributed by atoms with Crippen LogP contribution in [0.2, 0.25) is 0 Å². The van der Waals surface area contributed by atoms with E-state index in [0.29, 0.717) is 12.3 Å². The Morgan fingerprint density at radius 1 is 1.24 bits per heavy atom. The summed E-state index contributed by atoms with van der Waals surface area (Å²) in [5.41, 5.74) is 4.72. The van der Waals surface area contributed by atoms with E-state index in [1.165, 1.54) is 0 Å². The number of rotatable bonds is 5. The predicted octanol–water partition coefficient (Wildman–Crippen LogP) is 4.00. The van der Waals surface area contributed by atoms with E-state index in [1.807, 2.05) is 31.2 Å². The van der Waals surface area contributed by atoms with Crippen molar-refractivity contribution in [1.29, 1.82) is 0 Å². The van der Waals surface area contributed by atoms with Crippen LogP contribution in [0.5, 0.6) is 17.2 Å². The molecular weight excluding hydrogens is 368 g/mol. The molecule has 0 saturated heterocycles. The van der Waals surface area contributed by atoms with Crippen LogP contribution in [-0.4, -0.2) is 48.1 Å². The maximum atomic E-state index is 13.3. The number of methoxy groups -OCH3 is 2. The predicted molar refractivity (Wildman–Crippen MR) is 112 cm³/mol.